The van der Waals surface area contributed by atoms with E-state index >= 15 is 0 Å². The van der Waals surface area contributed by atoms with Crippen molar-refractivity contribution in [1.29, 1.82) is 0 Å². The number of hydrogen-bond donors (Lipinski definition) is 2. The van der Waals surface area contributed by atoms with Crippen molar-refractivity contribution in [2.75, 3.05) is 12.3 Å². The molecule has 0 saturated heterocycles. The van der Waals surface area contributed by atoms with Gasteiger partial charge in [-0.1, -0.05) is 13.8 Å². The standard InChI is InChI=1S/C12H17BrN2O2S/c1-12(2)6-8(12)7-15-18(16,17)9-3-4-10(13)11(14)5-9/h3-5,8,15H,6-7,14H2,1-2H3. The molecule has 3 N–H and O–H groups in total. The summed E-state index contributed by atoms with van der Waals surface area (Å²) < 4.78 is 27.5. The van der Waals surface area contributed by atoms with E-state index < -0.39 is 10.0 Å². The molecule has 1 aromatic carbocycles. The Balaban J connectivity index is 2.08. The van der Waals surface area contributed by atoms with Crippen molar-refractivity contribution >= 4 is 31.6 Å². The van der Waals surface area contributed by atoms with Crippen molar-refractivity contribution < 1.29 is 8.42 Å². The molecule has 6 heteroatoms. The monoisotopic (exact) mass is 332 g/mol. The Morgan fingerprint density at radius 2 is 2.11 bits per heavy atom. The first-order valence-electron chi connectivity index (χ1n) is 5.77. The maximum Gasteiger partial charge on any atom is 0.240 e. The molecular formula is C12H17BrN2O2S. The summed E-state index contributed by atoms with van der Waals surface area (Å²) in [5, 5.41) is 0. The van der Waals surface area contributed by atoms with Crippen molar-refractivity contribution in [3.8, 4) is 0 Å². The third kappa shape index (κ3) is 2.87. The summed E-state index contributed by atoms with van der Waals surface area (Å²) >= 11 is 3.24. The van der Waals surface area contributed by atoms with Gasteiger partial charge in [-0.3, -0.25) is 0 Å². The third-order valence-corrected chi connectivity index (χ3v) is 5.66. The van der Waals surface area contributed by atoms with Crippen LogP contribution in [0.4, 0.5) is 5.69 Å². The molecule has 1 atom stereocenters. The molecule has 0 heterocycles. The fourth-order valence-electron chi connectivity index (χ4n) is 1.91. The molecule has 1 unspecified atom stereocenters. The predicted molar refractivity (Wildman–Crippen MR) is 75.6 cm³/mol. The smallest absolute Gasteiger partial charge is 0.240 e. The molecule has 1 aromatic rings. The van der Waals surface area contributed by atoms with Gasteiger partial charge in [0.15, 0.2) is 0 Å². The van der Waals surface area contributed by atoms with Crippen molar-refractivity contribution in [2.24, 2.45) is 11.3 Å². The summed E-state index contributed by atoms with van der Waals surface area (Å²) in [6, 6.07) is 4.65. The first-order chi connectivity index (χ1) is 8.22. The minimum absolute atomic E-state index is 0.210. The van der Waals surface area contributed by atoms with Crippen LogP contribution < -0.4 is 10.5 Å². The number of nitrogens with two attached hydrogens (primary N) is 1. The molecule has 2 rings (SSSR count). The van der Waals surface area contributed by atoms with Crippen LogP contribution in [0.25, 0.3) is 0 Å². The van der Waals surface area contributed by atoms with E-state index in [0.29, 0.717) is 22.6 Å². The number of halogens is 1. The van der Waals surface area contributed by atoms with Crippen LogP contribution >= 0.6 is 15.9 Å². The first-order valence-corrected chi connectivity index (χ1v) is 8.05. The van der Waals surface area contributed by atoms with Gasteiger partial charge < -0.3 is 5.73 Å². The lowest BCUT2D eigenvalue weighted by atomic mass is 10.1. The Labute approximate surface area is 116 Å². The van der Waals surface area contributed by atoms with Crippen LogP contribution in [0.5, 0.6) is 0 Å². The highest BCUT2D eigenvalue weighted by Gasteiger charge is 2.45. The normalized spacial score (nSPS) is 21.8. The van der Waals surface area contributed by atoms with Gasteiger partial charge in [0.2, 0.25) is 10.0 Å². The van der Waals surface area contributed by atoms with E-state index in [9.17, 15) is 8.42 Å². The van der Waals surface area contributed by atoms with Crippen LogP contribution in [-0.4, -0.2) is 15.0 Å². The van der Waals surface area contributed by atoms with Gasteiger partial charge in [0.25, 0.3) is 0 Å². The lowest BCUT2D eigenvalue weighted by molar-refractivity contribution is 0.537. The molecule has 0 spiro atoms. The van der Waals surface area contributed by atoms with Crippen LogP contribution in [0, 0.1) is 11.3 Å². The van der Waals surface area contributed by atoms with Gasteiger partial charge in [-0.25, -0.2) is 13.1 Å². The number of hydrogen-bond acceptors (Lipinski definition) is 3. The SMILES string of the molecule is CC1(C)CC1CNS(=O)(=O)c1ccc(Br)c(N)c1. The summed E-state index contributed by atoms with van der Waals surface area (Å²) in [6.45, 7) is 4.78. The molecule has 1 aliphatic rings. The number of rotatable bonds is 4. The van der Waals surface area contributed by atoms with Gasteiger partial charge >= 0.3 is 0 Å². The molecule has 1 aliphatic carbocycles. The van der Waals surface area contributed by atoms with E-state index in [4.69, 9.17) is 5.73 Å². The second-order valence-corrected chi connectivity index (χ2v) is 8.05. The van der Waals surface area contributed by atoms with Gasteiger partial charge in [0.05, 0.1) is 4.90 Å². The molecule has 100 valence electrons. The molecular weight excluding hydrogens is 316 g/mol. The lowest BCUT2D eigenvalue weighted by Crippen LogP contribution is -2.26. The number of benzene rings is 1. The minimum Gasteiger partial charge on any atom is -0.398 e. The Morgan fingerprint density at radius 3 is 2.61 bits per heavy atom. The Hall–Kier alpha value is -0.590. The highest BCUT2D eigenvalue weighted by atomic mass is 79.9. The second kappa shape index (κ2) is 4.51. The molecule has 1 fully saturated rings. The molecule has 4 nitrogen and oxygen atoms in total. The van der Waals surface area contributed by atoms with Gasteiger partial charge in [-0.05, 0) is 51.9 Å². The van der Waals surface area contributed by atoms with Gasteiger partial charge in [0, 0.05) is 16.7 Å². The van der Waals surface area contributed by atoms with E-state index in [-0.39, 0.29) is 10.3 Å². The van der Waals surface area contributed by atoms with Gasteiger partial charge in [0.1, 0.15) is 0 Å². The number of sulfonamides is 1. The van der Waals surface area contributed by atoms with Crippen molar-refractivity contribution in [3.63, 3.8) is 0 Å². The highest BCUT2D eigenvalue weighted by Crippen LogP contribution is 2.51. The Morgan fingerprint density at radius 1 is 1.50 bits per heavy atom. The summed E-state index contributed by atoms with van der Waals surface area (Å²) in [5.74, 6) is 0.431. The van der Waals surface area contributed by atoms with Crippen LogP contribution in [0.15, 0.2) is 27.6 Å². The third-order valence-electron chi connectivity index (χ3n) is 3.52. The molecule has 0 aromatic heterocycles. The molecule has 0 radical (unpaired) electrons. The van der Waals surface area contributed by atoms with E-state index in [1.54, 1.807) is 12.1 Å². The maximum absolute atomic E-state index is 12.1. The fraction of sp³-hybridized carbons (Fsp3) is 0.500. The zero-order chi connectivity index (χ0) is 13.6. The van der Waals surface area contributed by atoms with Crippen molar-refractivity contribution in [2.45, 2.75) is 25.2 Å². The van der Waals surface area contributed by atoms with Crippen molar-refractivity contribution in [3.05, 3.63) is 22.7 Å². The van der Waals surface area contributed by atoms with E-state index in [1.807, 2.05) is 0 Å². The Kier molecular flexibility index (Phi) is 3.46. The fourth-order valence-corrected chi connectivity index (χ4v) is 3.27. The van der Waals surface area contributed by atoms with Gasteiger partial charge in [-0.2, -0.15) is 0 Å². The number of nitrogen functional groups attached to an aromatic ring is 1. The van der Waals surface area contributed by atoms with Gasteiger partial charge in [-0.15, -0.1) is 0 Å². The minimum atomic E-state index is -3.46. The average molecular weight is 333 g/mol. The molecule has 1 saturated carbocycles. The topological polar surface area (TPSA) is 72.2 Å². The molecule has 0 aliphatic heterocycles. The maximum atomic E-state index is 12.1. The Bertz CT molecular complexity index is 569. The summed E-state index contributed by atoms with van der Waals surface area (Å²) in [7, 11) is -3.46. The quantitative estimate of drug-likeness (QED) is 0.831. The summed E-state index contributed by atoms with van der Waals surface area (Å²) in [4.78, 5) is 0.210. The zero-order valence-corrected chi connectivity index (χ0v) is 12.8. The number of nitrogens with one attached hydrogen (secondary N) is 1. The van der Waals surface area contributed by atoms with Crippen LogP contribution in [-0.2, 0) is 10.0 Å². The van der Waals surface area contributed by atoms with Crippen LogP contribution in [0.3, 0.4) is 0 Å². The lowest BCUT2D eigenvalue weighted by Gasteiger charge is -2.09. The highest BCUT2D eigenvalue weighted by molar-refractivity contribution is 9.10. The van der Waals surface area contributed by atoms with Crippen molar-refractivity contribution in [1.82, 2.24) is 4.72 Å². The van der Waals surface area contributed by atoms with Crippen LogP contribution in [0.1, 0.15) is 20.3 Å². The first kappa shape index (κ1) is 13.8. The second-order valence-electron chi connectivity index (χ2n) is 5.42. The molecule has 0 amide bonds. The summed E-state index contributed by atoms with van der Waals surface area (Å²) in [6.07, 6.45) is 1.07. The van der Waals surface area contributed by atoms with E-state index in [0.717, 1.165) is 6.42 Å². The zero-order valence-electron chi connectivity index (χ0n) is 10.4. The molecule has 18 heavy (non-hydrogen) atoms. The van der Waals surface area contributed by atoms with Crippen LogP contribution in [0.2, 0.25) is 0 Å². The summed E-state index contributed by atoms with van der Waals surface area (Å²) in [5.41, 5.74) is 6.38. The van der Waals surface area contributed by atoms with E-state index in [2.05, 4.69) is 34.5 Å². The average Bonchev–Trinajstić information content (AvgIpc) is 2.88. The largest absolute Gasteiger partial charge is 0.398 e. The van der Waals surface area contributed by atoms with E-state index in [1.165, 1.54) is 6.07 Å². The molecule has 0 bridgehead atoms. The number of anilines is 1. The predicted octanol–water partition coefficient (Wildman–Crippen LogP) is 2.36.